The largest absolute Gasteiger partial charge is 0.467 e. The number of nitrogens with zero attached hydrogens (tertiary/aromatic N) is 1. The van der Waals surface area contributed by atoms with Crippen LogP contribution in [0.1, 0.15) is 26.2 Å². The highest BCUT2D eigenvalue weighted by Crippen LogP contribution is 2.19. The lowest BCUT2D eigenvalue weighted by atomic mass is 9.91. The van der Waals surface area contributed by atoms with E-state index in [-0.39, 0.29) is 10.8 Å². The summed E-state index contributed by atoms with van der Waals surface area (Å²) in [5.74, 6) is -1.24. The van der Waals surface area contributed by atoms with Crippen molar-refractivity contribution in [1.29, 1.82) is 0 Å². The van der Waals surface area contributed by atoms with E-state index in [0.29, 0.717) is 10.7 Å². The van der Waals surface area contributed by atoms with E-state index in [1.54, 1.807) is 12.1 Å². The molecule has 9 heteroatoms. The molecule has 2 N–H and O–H groups in total. The number of amides is 1. The molecule has 0 aromatic heterocycles. The fourth-order valence-corrected chi connectivity index (χ4v) is 4.17. The molecule has 1 saturated heterocycles. The zero-order valence-corrected chi connectivity index (χ0v) is 17.3. The fourth-order valence-electron chi connectivity index (χ4n) is 3.13. The van der Waals surface area contributed by atoms with E-state index in [2.05, 4.69) is 10.6 Å². The maximum atomic E-state index is 12.7. The normalized spacial score (nSPS) is 18.2. The van der Waals surface area contributed by atoms with Gasteiger partial charge in [0.15, 0.2) is 0 Å². The Morgan fingerprint density at radius 2 is 1.93 bits per heavy atom. The first-order valence-corrected chi connectivity index (χ1v) is 10.7. The van der Waals surface area contributed by atoms with Crippen LogP contribution < -0.4 is 10.6 Å². The number of ether oxygens (including phenoxy) is 1. The Bertz CT molecular complexity index is 810. The molecule has 0 spiro atoms. The van der Waals surface area contributed by atoms with Crippen molar-refractivity contribution in [2.24, 2.45) is 5.92 Å². The topological polar surface area (TPSA) is 105 Å². The van der Waals surface area contributed by atoms with Crippen molar-refractivity contribution >= 4 is 21.9 Å². The highest BCUT2D eigenvalue weighted by Gasteiger charge is 2.28. The smallest absolute Gasteiger partial charge is 0.328 e. The minimum Gasteiger partial charge on any atom is -0.467 e. The minimum atomic E-state index is -4.03. The second-order valence-electron chi connectivity index (χ2n) is 6.98. The third kappa shape index (κ3) is 6.02. The number of methoxy groups -OCH3 is 1. The molecule has 1 aliphatic rings. The Hall–Kier alpha value is -1.97. The molecule has 0 saturated carbocycles. The van der Waals surface area contributed by atoms with E-state index in [1.807, 2.05) is 6.92 Å². The number of nitrogens with one attached hydrogen (secondary N) is 2. The van der Waals surface area contributed by atoms with E-state index in [9.17, 15) is 18.0 Å². The Morgan fingerprint density at radius 3 is 2.50 bits per heavy atom. The SMILES string of the molecule is [2H]C(C(=O)N[C@@H](CC1CCNCC1)C(=O)OC)N(C)S(=O)(=O)c1ccc(C)cc1. The number of esters is 1. The molecule has 156 valence electrons. The summed E-state index contributed by atoms with van der Waals surface area (Å²) < 4.78 is 39.0. The second kappa shape index (κ2) is 9.99. The van der Waals surface area contributed by atoms with Gasteiger partial charge in [-0.05, 0) is 57.3 Å². The van der Waals surface area contributed by atoms with Crippen molar-refractivity contribution < 1.29 is 24.1 Å². The lowest BCUT2D eigenvalue weighted by molar-refractivity contribution is -0.145. The molecule has 2 rings (SSSR count). The summed E-state index contributed by atoms with van der Waals surface area (Å²) in [6.07, 6.45) is 2.13. The van der Waals surface area contributed by atoms with Crippen molar-refractivity contribution in [3.63, 3.8) is 0 Å². The van der Waals surface area contributed by atoms with Gasteiger partial charge in [-0.3, -0.25) is 4.79 Å². The maximum Gasteiger partial charge on any atom is 0.328 e. The summed E-state index contributed by atoms with van der Waals surface area (Å²) in [5, 5.41) is 5.73. The molecule has 1 aliphatic heterocycles. The lowest BCUT2D eigenvalue weighted by Gasteiger charge is -2.27. The van der Waals surface area contributed by atoms with Crippen LogP contribution in [0.2, 0.25) is 0 Å². The van der Waals surface area contributed by atoms with Crippen molar-refractivity contribution in [3.8, 4) is 0 Å². The Labute approximate surface area is 168 Å². The number of aryl methyl sites for hydroxylation is 1. The third-order valence-electron chi connectivity index (χ3n) is 4.83. The number of benzene rings is 1. The molecule has 28 heavy (non-hydrogen) atoms. The lowest BCUT2D eigenvalue weighted by Crippen LogP contribution is -2.47. The molecule has 0 aliphatic carbocycles. The minimum absolute atomic E-state index is 0.00475. The number of likely N-dealkylation sites (N-methyl/N-ethyl adjacent to an activating group) is 1. The quantitative estimate of drug-likeness (QED) is 0.608. The van der Waals surface area contributed by atoms with Crippen molar-refractivity contribution in [1.82, 2.24) is 14.9 Å². The van der Waals surface area contributed by atoms with Gasteiger partial charge in [0.1, 0.15) is 6.04 Å². The van der Waals surface area contributed by atoms with Crippen LogP contribution in [0.25, 0.3) is 0 Å². The maximum absolute atomic E-state index is 12.7. The zero-order chi connectivity index (χ0) is 21.6. The number of piperidine rings is 1. The molecular weight excluding hydrogens is 382 g/mol. The molecule has 1 heterocycles. The number of carbonyl (C=O) groups excluding carboxylic acids is 2. The summed E-state index contributed by atoms with van der Waals surface area (Å²) in [4.78, 5) is 24.7. The summed E-state index contributed by atoms with van der Waals surface area (Å²) in [6, 6.07) is 5.23. The van der Waals surface area contributed by atoms with Crippen LogP contribution in [0.5, 0.6) is 0 Å². The number of hydrogen-bond acceptors (Lipinski definition) is 6. The average Bonchev–Trinajstić information content (AvgIpc) is 2.72. The van der Waals surface area contributed by atoms with Crippen LogP contribution in [0.15, 0.2) is 29.2 Å². The van der Waals surface area contributed by atoms with Gasteiger partial charge in [-0.2, -0.15) is 4.31 Å². The van der Waals surface area contributed by atoms with Gasteiger partial charge in [-0.15, -0.1) is 0 Å². The Kier molecular flexibility index (Phi) is 7.41. The van der Waals surface area contributed by atoms with Gasteiger partial charge >= 0.3 is 5.97 Å². The first kappa shape index (κ1) is 20.8. The molecule has 2 atom stereocenters. The van der Waals surface area contributed by atoms with Gasteiger partial charge in [-0.25, -0.2) is 13.2 Å². The Balaban J connectivity index is 2.09. The number of rotatable bonds is 8. The molecule has 8 nitrogen and oxygen atoms in total. The molecule has 1 amide bonds. The predicted octanol–water partition coefficient (Wildman–Crippen LogP) is 0.663. The van der Waals surface area contributed by atoms with Gasteiger partial charge in [0.2, 0.25) is 15.9 Å². The predicted molar refractivity (Wildman–Crippen MR) is 105 cm³/mol. The van der Waals surface area contributed by atoms with E-state index >= 15 is 0 Å². The van der Waals surface area contributed by atoms with E-state index in [4.69, 9.17) is 6.11 Å². The third-order valence-corrected chi connectivity index (χ3v) is 6.56. The van der Waals surface area contributed by atoms with E-state index < -0.39 is 34.5 Å². The molecule has 1 unspecified atom stereocenters. The molecule has 1 aromatic rings. The van der Waals surface area contributed by atoms with Gasteiger partial charge in [-0.1, -0.05) is 17.7 Å². The van der Waals surface area contributed by atoms with Crippen molar-refractivity contribution in [2.75, 3.05) is 33.8 Å². The molecular formula is C19H29N3O5S. The molecule has 1 fully saturated rings. The van der Waals surface area contributed by atoms with Crippen LogP contribution in [-0.4, -0.2) is 64.4 Å². The zero-order valence-electron chi connectivity index (χ0n) is 17.5. The summed E-state index contributed by atoms with van der Waals surface area (Å²) in [7, 11) is -1.62. The number of carbonyl (C=O) groups is 2. The van der Waals surface area contributed by atoms with Crippen LogP contribution in [-0.2, 0) is 24.3 Å². The number of sulfonamides is 1. The van der Waals surface area contributed by atoms with Crippen LogP contribution in [0.3, 0.4) is 0 Å². The summed E-state index contributed by atoms with van der Waals surface area (Å²) in [5.41, 5.74) is 0.894. The van der Waals surface area contributed by atoms with Crippen molar-refractivity contribution in [2.45, 2.75) is 37.1 Å². The molecule has 0 bridgehead atoms. The van der Waals surface area contributed by atoms with Crippen molar-refractivity contribution in [3.05, 3.63) is 29.8 Å². The summed E-state index contributed by atoms with van der Waals surface area (Å²) >= 11 is 0. The van der Waals surface area contributed by atoms with Gasteiger partial charge in [0.05, 0.1) is 19.9 Å². The standard InChI is InChI=1S/C19H29N3O5S/c1-14-4-6-16(7-5-14)28(25,26)22(2)13-18(23)21-17(19(24)27-3)12-15-8-10-20-11-9-15/h4-7,15,17,20H,8-13H2,1-3H3,(H,21,23)/t17-/m0/s1/i13D/t13?,17-. The van der Waals surface area contributed by atoms with Gasteiger partial charge in [0.25, 0.3) is 0 Å². The average molecular weight is 413 g/mol. The van der Waals surface area contributed by atoms with E-state index in [1.165, 1.54) is 26.3 Å². The highest BCUT2D eigenvalue weighted by atomic mass is 32.2. The van der Waals surface area contributed by atoms with Gasteiger partial charge in [0, 0.05) is 7.05 Å². The van der Waals surface area contributed by atoms with Gasteiger partial charge < -0.3 is 15.4 Å². The fraction of sp³-hybridized carbons (Fsp3) is 0.579. The Morgan fingerprint density at radius 1 is 1.32 bits per heavy atom. The van der Waals surface area contributed by atoms with Crippen LogP contribution in [0, 0.1) is 12.8 Å². The number of hydrogen-bond donors (Lipinski definition) is 2. The molecule has 0 radical (unpaired) electrons. The highest BCUT2D eigenvalue weighted by molar-refractivity contribution is 7.89. The van der Waals surface area contributed by atoms with Crippen LogP contribution in [0.4, 0.5) is 0 Å². The first-order chi connectivity index (χ1) is 13.7. The van der Waals surface area contributed by atoms with Crippen LogP contribution >= 0.6 is 0 Å². The second-order valence-corrected chi connectivity index (χ2v) is 8.97. The monoisotopic (exact) mass is 412 g/mol. The summed E-state index contributed by atoms with van der Waals surface area (Å²) in [6.45, 7) is 1.77. The first-order valence-electron chi connectivity index (χ1n) is 9.80. The van der Waals surface area contributed by atoms with E-state index in [0.717, 1.165) is 31.5 Å². The molecule has 1 aromatic carbocycles.